The van der Waals surface area contributed by atoms with Crippen LogP contribution in [0.25, 0.3) is 4.85 Å². The molecule has 0 radical (unpaired) electrons. The topological polar surface area (TPSA) is 16.7 Å². The molecular weight excluding hydrogens is 148 g/mol. The van der Waals surface area contributed by atoms with E-state index in [-0.39, 0.29) is 0 Å². The summed E-state index contributed by atoms with van der Waals surface area (Å²) in [7, 11) is 3.47. The van der Waals surface area contributed by atoms with Crippen LogP contribution in [0.3, 0.4) is 0 Å². The molecule has 0 aromatic carbocycles. The molecule has 0 atom stereocenters. The lowest BCUT2D eigenvalue weighted by Gasteiger charge is -2.01. The quantitative estimate of drug-likeness (QED) is 0.481. The van der Waals surface area contributed by atoms with Crippen molar-refractivity contribution >= 4 is 5.71 Å². The number of hydrogen-bond donors (Lipinski definition) is 0. The summed E-state index contributed by atoms with van der Waals surface area (Å²) in [6.45, 7) is 0. The third-order valence-electron chi connectivity index (χ3n) is 1.53. The molecule has 0 heterocycles. The van der Waals surface area contributed by atoms with Crippen LogP contribution in [0.4, 0.5) is 0 Å². The van der Waals surface area contributed by atoms with Crippen LogP contribution in [-0.2, 0) is 0 Å². The molecule has 60 valence electrons. The molecule has 0 unspecified atom stereocenters. The molecule has 2 heteroatoms. The predicted octanol–water partition coefficient (Wildman–Crippen LogP) is 2.07. The summed E-state index contributed by atoms with van der Waals surface area (Å²) < 4.78 is 0. The second-order valence-electron chi connectivity index (χ2n) is 2.28. The first kappa shape index (κ1) is 8.48. The Bertz CT molecular complexity index is 333. The summed E-state index contributed by atoms with van der Waals surface area (Å²) in [6, 6.07) is 2.78. The lowest BCUT2D eigenvalue weighted by Crippen LogP contribution is -1.98. The number of aliphatic imine (C=N–C) groups is 1. The van der Waals surface area contributed by atoms with Gasteiger partial charge in [0.15, 0.2) is 0 Å². The molecule has 0 bridgehead atoms. The van der Waals surface area contributed by atoms with E-state index in [2.05, 4.69) is 15.9 Å². The van der Waals surface area contributed by atoms with Gasteiger partial charge < -0.3 is 0 Å². The smallest absolute Gasteiger partial charge is 0.288 e. The minimum atomic E-state index is 0.966. The standard InChI is InChI=1S/C10H11N2/c1-11-8-7-9-5-3-4-6-10(9)12-2/h3-7H,1-2H3/q+1/b9-7-,12-10-. The van der Waals surface area contributed by atoms with Crippen LogP contribution < -0.4 is 0 Å². The maximum Gasteiger partial charge on any atom is 0.303 e. The summed E-state index contributed by atoms with van der Waals surface area (Å²) in [5, 5.41) is 0. The molecule has 1 aliphatic rings. The van der Waals surface area contributed by atoms with Crippen LogP contribution in [0.1, 0.15) is 0 Å². The van der Waals surface area contributed by atoms with Gasteiger partial charge in [-0.25, -0.2) is 0 Å². The molecule has 1 rings (SSSR count). The van der Waals surface area contributed by atoms with Crippen molar-refractivity contribution in [2.45, 2.75) is 0 Å². The molecule has 12 heavy (non-hydrogen) atoms. The fraction of sp³-hybridized carbons (Fsp3) is 0.200. The van der Waals surface area contributed by atoms with Gasteiger partial charge in [0.25, 0.3) is 7.05 Å². The Morgan fingerprint density at radius 2 is 2.17 bits per heavy atom. The molecule has 0 amide bonds. The average molecular weight is 159 g/mol. The van der Waals surface area contributed by atoms with Gasteiger partial charge in [-0.1, -0.05) is 23.1 Å². The normalized spacial score (nSPS) is 21.2. The minimum absolute atomic E-state index is 0.966. The first-order chi connectivity index (χ1) is 5.88. The van der Waals surface area contributed by atoms with E-state index in [0.717, 1.165) is 11.3 Å². The molecule has 0 saturated heterocycles. The Labute approximate surface area is 72.4 Å². The molecule has 2 nitrogen and oxygen atoms in total. The van der Waals surface area contributed by atoms with Crippen LogP contribution in [0.5, 0.6) is 0 Å². The van der Waals surface area contributed by atoms with Crippen LogP contribution in [0, 0.1) is 6.07 Å². The van der Waals surface area contributed by atoms with Crippen molar-refractivity contribution in [1.29, 1.82) is 0 Å². The van der Waals surface area contributed by atoms with E-state index in [1.54, 1.807) is 14.1 Å². The van der Waals surface area contributed by atoms with Gasteiger partial charge in [-0.2, -0.15) is 0 Å². The highest BCUT2D eigenvalue weighted by Crippen LogP contribution is 2.07. The number of allylic oxidation sites excluding steroid dienone is 6. The van der Waals surface area contributed by atoms with Gasteiger partial charge in [0.1, 0.15) is 0 Å². The van der Waals surface area contributed by atoms with Crippen molar-refractivity contribution in [3.05, 3.63) is 40.8 Å². The highest BCUT2D eigenvalue weighted by Gasteiger charge is 2.01. The molecule has 0 N–H and O–H groups in total. The van der Waals surface area contributed by atoms with Gasteiger partial charge in [-0.15, -0.1) is 0 Å². The molecule has 0 saturated carbocycles. The van der Waals surface area contributed by atoms with Crippen molar-refractivity contribution in [3.8, 4) is 6.07 Å². The molecule has 0 aromatic rings. The third kappa shape index (κ3) is 1.93. The van der Waals surface area contributed by atoms with Crippen molar-refractivity contribution in [1.82, 2.24) is 0 Å². The summed E-state index contributed by atoms with van der Waals surface area (Å²) >= 11 is 0. The maximum absolute atomic E-state index is 4.11. The zero-order chi connectivity index (χ0) is 8.81. The summed E-state index contributed by atoms with van der Waals surface area (Å²) in [5.74, 6) is 0. The Morgan fingerprint density at radius 1 is 1.42 bits per heavy atom. The van der Waals surface area contributed by atoms with E-state index in [1.807, 2.05) is 30.4 Å². The van der Waals surface area contributed by atoms with E-state index in [9.17, 15) is 0 Å². The fourth-order valence-corrected chi connectivity index (χ4v) is 0.947. The number of nitrogens with zero attached hydrogens (tertiary/aromatic N) is 2. The molecule has 0 fully saturated rings. The second kappa shape index (κ2) is 4.30. The Morgan fingerprint density at radius 3 is 2.83 bits per heavy atom. The largest absolute Gasteiger partial charge is 0.303 e. The summed E-state index contributed by atoms with van der Waals surface area (Å²) in [4.78, 5) is 7.87. The monoisotopic (exact) mass is 159 g/mol. The van der Waals surface area contributed by atoms with Crippen LogP contribution in [-0.4, -0.2) is 19.8 Å². The number of hydrogen-bond acceptors (Lipinski definition) is 1. The van der Waals surface area contributed by atoms with Gasteiger partial charge in [0.05, 0.1) is 11.8 Å². The third-order valence-corrected chi connectivity index (χ3v) is 1.53. The molecular formula is C10H11N2+. The highest BCUT2D eigenvalue weighted by atomic mass is 14.7. The Kier molecular flexibility index (Phi) is 3.04. The molecule has 1 aliphatic carbocycles. The van der Waals surface area contributed by atoms with Crippen LogP contribution >= 0.6 is 0 Å². The van der Waals surface area contributed by atoms with Crippen LogP contribution in [0.2, 0.25) is 0 Å². The summed E-state index contributed by atoms with van der Waals surface area (Å²) in [6.07, 6.45) is 9.70. The lowest BCUT2D eigenvalue weighted by molar-refractivity contribution is 1.43. The minimum Gasteiger partial charge on any atom is -0.288 e. The second-order valence-corrected chi connectivity index (χ2v) is 2.28. The SMILES string of the molecule is C/N=C1/C=CC=C/C1=C/C#[N+]C. The molecule has 0 aliphatic heterocycles. The van der Waals surface area contributed by atoms with Crippen molar-refractivity contribution in [3.63, 3.8) is 0 Å². The zero-order valence-corrected chi connectivity index (χ0v) is 7.28. The van der Waals surface area contributed by atoms with Crippen molar-refractivity contribution in [2.24, 2.45) is 4.99 Å². The van der Waals surface area contributed by atoms with Crippen molar-refractivity contribution < 1.29 is 0 Å². The zero-order valence-electron chi connectivity index (χ0n) is 7.28. The van der Waals surface area contributed by atoms with E-state index >= 15 is 0 Å². The highest BCUT2D eigenvalue weighted by molar-refractivity contribution is 6.11. The number of rotatable bonds is 0. The van der Waals surface area contributed by atoms with Crippen molar-refractivity contribution in [2.75, 3.05) is 14.1 Å². The molecule has 0 spiro atoms. The average Bonchev–Trinajstić information content (AvgIpc) is 2.15. The fourth-order valence-electron chi connectivity index (χ4n) is 0.947. The lowest BCUT2D eigenvalue weighted by atomic mass is 10.1. The predicted molar refractivity (Wildman–Crippen MR) is 52.9 cm³/mol. The van der Waals surface area contributed by atoms with E-state index in [0.29, 0.717) is 0 Å². The van der Waals surface area contributed by atoms with Gasteiger partial charge in [-0.3, -0.25) is 4.99 Å². The molecule has 0 aromatic heterocycles. The van der Waals surface area contributed by atoms with Gasteiger partial charge in [0.2, 0.25) is 0 Å². The summed E-state index contributed by atoms with van der Waals surface area (Å²) in [5.41, 5.74) is 2.01. The van der Waals surface area contributed by atoms with E-state index < -0.39 is 0 Å². The van der Waals surface area contributed by atoms with E-state index in [1.165, 1.54) is 0 Å². The van der Waals surface area contributed by atoms with Crippen LogP contribution in [0.15, 0.2) is 40.9 Å². The first-order valence-corrected chi connectivity index (χ1v) is 3.75. The van der Waals surface area contributed by atoms with E-state index in [4.69, 9.17) is 0 Å². The Balaban J connectivity index is 2.95. The van der Waals surface area contributed by atoms with Gasteiger partial charge >= 0.3 is 6.07 Å². The van der Waals surface area contributed by atoms with Gasteiger partial charge in [-0.05, 0) is 6.08 Å². The van der Waals surface area contributed by atoms with Gasteiger partial charge in [0, 0.05) is 12.6 Å². The Hall–Kier alpha value is -1.62. The first-order valence-electron chi connectivity index (χ1n) is 3.75. The maximum atomic E-state index is 4.11.